The van der Waals surface area contributed by atoms with Crippen LogP contribution in [0.2, 0.25) is 0 Å². The Kier molecular flexibility index (Phi) is 6.63. The Bertz CT molecular complexity index is 1320. The van der Waals surface area contributed by atoms with Gasteiger partial charge in [0, 0.05) is 24.1 Å². The SMILES string of the molecule is Cc1ccc(-c2cc(C(F)(F)F)c3c(N)ncnn23)cc1C(=O)N[C@@H]1CN(C(=O)CC(C)C)CC1F. The molecule has 3 N–H and O–H groups in total. The number of likely N-dealkylation sites (tertiary alicyclic amines) is 1. The molecule has 12 heteroatoms. The number of amides is 2. The number of fused-ring (bicyclic) bond motifs is 1. The number of nitrogens with zero attached hydrogens (tertiary/aromatic N) is 4. The number of carbonyl (C=O) groups excluding carboxylic acids is 2. The molecule has 3 heterocycles. The fourth-order valence-electron chi connectivity index (χ4n) is 4.34. The molecular weight excluding hydrogens is 480 g/mol. The summed E-state index contributed by atoms with van der Waals surface area (Å²) in [7, 11) is 0. The maximum Gasteiger partial charge on any atom is 0.418 e. The van der Waals surface area contributed by atoms with Gasteiger partial charge in [-0.1, -0.05) is 26.0 Å². The van der Waals surface area contributed by atoms with Crippen molar-refractivity contribution >= 4 is 23.1 Å². The Labute approximate surface area is 204 Å². The number of hydrogen-bond donors (Lipinski definition) is 2. The van der Waals surface area contributed by atoms with Gasteiger partial charge in [0.1, 0.15) is 18.0 Å². The topological polar surface area (TPSA) is 106 Å². The first-order valence-corrected chi connectivity index (χ1v) is 11.4. The van der Waals surface area contributed by atoms with Crippen LogP contribution in [0.15, 0.2) is 30.6 Å². The first-order chi connectivity index (χ1) is 16.9. The summed E-state index contributed by atoms with van der Waals surface area (Å²) in [5.41, 5.74) is 5.38. The van der Waals surface area contributed by atoms with Gasteiger partial charge in [-0.05, 0) is 30.5 Å². The second-order valence-corrected chi connectivity index (χ2v) is 9.37. The van der Waals surface area contributed by atoms with Crippen molar-refractivity contribution in [1.29, 1.82) is 0 Å². The molecule has 0 saturated carbocycles. The zero-order valence-corrected chi connectivity index (χ0v) is 19.9. The van der Waals surface area contributed by atoms with E-state index in [1.807, 2.05) is 13.8 Å². The molecule has 2 atom stereocenters. The van der Waals surface area contributed by atoms with E-state index in [0.29, 0.717) is 5.56 Å². The quantitative estimate of drug-likeness (QED) is 0.514. The lowest BCUT2D eigenvalue weighted by molar-refractivity contribution is -0.136. The molecule has 1 aliphatic heterocycles. The van der Waals surface area contributed by atoms with Crippen LogP contribution in [0.4, 0.5) is 23.4 Å². The molecule has 0 radical (unpaired) electrons. The lowest BCUT2D eigenvalue weighted by Gasteiger charge is -2.18. The number of nitrogens with two attached hydrogens (primary N) is 1. The highest BCUT2D eigenvalue weighted by molar-refractivity contribution is 5.97. The van der Waals surface area contributed by atoms with E-state index in [4.69, 9.17) is 5.73 Å². The number of alkyl halides is 4. The molecule has 36 heavy (non-hydrogen) atoms. The molecule has 0 bridgehead atoms. The fourth-order valence-corrected chi connectivity index (χ4v) is 4.34. The molecule has 4 rings (SSSR count). The van der Waals surface area contributed by atoms with Crippen LogP contribution in [0.1, 0.15) is 41.8 Å². The monoisotopic (exact) mass is 506 g/mol. The Balaban J connectivity index is 1.63. The molecule has 1 aliphatic rings. The molecule has 1 unspecified atom stereocenters. The van der Waals surface area contributed by atoms with Crippen LogP contribution in [0, 0.1) is 12.8 Å². The molecule has 8 nitrogen and oxygen atoms in total. The van der Waals surface area contributed by atoms with Gasteiger partial charge >= 0.3 is 6.18 Å². The summed E-state index contributed by atoms with van der Waals surface area (Å²) in [6.45, 7) is 5.39. The summed E-state index contributed by atoms with van der Waals surface area (Å²) >= 11 is 0. The largest absolute Gasteiger partial charge is 0.418 e. The van der Waals surface area contributed by atoms with Crippen LogP contribution in [0.3, 0.4) is 0 Å². The second kappa shape index (κ2) is 9.40. The molecule has 1 saturated heterocycles. The number of nitrogen functional groups attached to an aromatic ring is 1. The lowest BCUT2D eigenvalue weighted by atomic mass is 10.0. The van der Waals surface area contributed by atoms with E-state index in [-0.39, 0.29) is 59.5 Å². The van der Waals surface area contributed by atoms with Crippen molar-refractivity contribution in [1.82, 2.24) is 24.8 Å². The smallest absolute Gasteiger partial charge is 0.382 e. The second-order valence-electron chi connectivity index (χ2n) is 9.37. The molecule has 0 aliphatic carbocycles. The minimum atomic E-state index is -4.70. The number of halogens is 4. The van der Waals surface area contributed by atoms with Crippen LogP contribution in [0.5, 0.6) is 0 Å². The van der Waals surface area contributed by atoms with E-state index >= 15 is 0 Å². The van der Waals surface area contributed by atoms with E-state index in [0.717, 1.165) is 16.9 Å². The van der Waals surface area contributed by atoms with Gasteiger partial charge in [0.2, 0.25) is 5.91 Å². The molecule has 192 valence electrons. The molecule has 1 aromatic carbocycles. The van der Waals surface area contributed by atoms with Gasteiger partial charge in [-0.3, -0.25) is 9.59 Å². The van der Waals surface area contributed by atoms with Crippen LogP contribution in [-0.4, -0.2) is 56.6 Å². The number of anilines is 1. The van der Waals surface area contributed by atoms with Crippen LogP contribution >= 0.6 is 0 Å². The third-order valence-electron chi connectivity index (χ3n) is 6.17. The Morgan fingerprint density at radius 3 is 2.61 bits per heavy atom. The zero-order chi connectivity index (χ0) is 26.4. The average Bonchev–Trinajstić information content (AvgIpc) is 3.35. The minimum Gasteiger partial charge on any atom is -0.382 e. The highest BCUT2D eigenvalue weighted by Gasteiger charge is 2.38. The first-order valence-electron chi connectivity index (χ1n) is 11.4. The predicted octanol–water partition coefficient (Wildman–Crippen LogP) is 3.63. The van der Waals surface area contributed by atoms with Crippen molar-refractivity contribution < 1.29 is 27.2 Å². The van der Waals surface area contributed by atoms with E-state index in [1.165, 1.54) is 11.0 Å². The van der Waals surface area contributed by atoms with E-state index in [9.17, 15) is 27.2 Å². The first kappa shape index (κ1) is 25.4. The van der Waals surface area contributed by atoms with Gasteiger partial charge < -0.3 is 16.0 Å². The van der Waals surface area contributed by atoms with Crippen molar-refractivity contribution in [2.24, 2.45) is 5.92 Å². The Hall–Kier alpha value is -3.70. The van der Waals surface area contributed by atoms with Crippen molar-refractivity contribution in [3.63, 3.8) is 0 Å². The van der Waals surface area contributed by atoms with Crippen molar-refractivity contribution in [3.8, 4) is 11.3 Å². The number of rotatable bonds is 5. The summed E-state index contributed by atoms with van der Waals surface area (Å²) < 4.78 is 56.7. The third kappa shape index (κ3) is 4.84. The lowest BCUT2D eigenvalue weighted by Crippen LogP contribution is -2.42. The molecule has 3 aromatic rings. The summed E-state index contributed by atoms with van der Waals surface area (Å²) in [6.07, 6.45) is -4.81. The Morgan fingerprint density at radius 2 is 1.94 bits per heavy atom. The molecule has 2 aromatic heterocycles. The summed E-state index contributed by atoms with van der Waals surface area (Å²) in [5, 5.41) is 6.56. The summed E-state index contributed by atoms with van der Waals surface area (Å²) in [6, 6.07) is 4.58. The van der Waals surface area contributed by atoms with E-state index in [2.05, 4.69) is 15.4 Å². The maximum absolute atomic E-state index is 14.6. The molecular formula is C24H26F4N6O2. The van der Waals surface area contributed by atoms with Gasteiger partial charge in [-0.25, -0.2) is 13.9 Å². The number of aromatic nitrogens is 3. The van der Waals surface area contributed by atoms with Gasteiger partial charge in [0.15, 0.2) is 5.82 Å². The van der Waals surface area contributed by atoms with Crippen LogP contribution in [-0.2, 0) is 11.0 Å². The number of aryl methyl sites for hydroxylation is 1. The maximum atomic E-state index is 14.6. The summed E-state index contributed by atoms with van der Waals surface area (Å²) in [4.78, 5) is 30.4. The van der Waals surface area contributed by atoms with Crippen LogP contribution in [0.25, 0.3) is 16.8 Å². The van der Waals surface area contributed by atoms with Crippen molar-refractivity contribution in [2.45, 2.75) is 45.6 Å². The third-order valence-corrected chi connectivity index (χ3v) is 6.17. The van der Waals surface area contributed by atoms with Gasteiger partial charge in [-0.15, -0.1) is 0 Å². The van der Waals surface area contributed by atoms with Crippen molar-refractivity contribution in [2.75, 3.05) is 18.8 Å². The van der Waals surface area contributed by atoms with Gasteiger partial charge in [-0.2, -0.15) is 18.3 Å². The van der Waals surface area contributed by atoms with Gasteiger partial charge in [0.05, 0.1) is 23.8 Å². The number of benzene rings is 1. The van der Waals surface area contributed by atoms with Crippen molar-refractivity contribution in [3.05, 3.63) is 47.3 Å². The Morgan fingerprint density at radius 1 is 1.22 bits per heavy atom. The number of carbonyl (C=O) groups is 2. The zero-order valence-electron chi connectivity index (χ0n) is 19.9. The van der Waals surface area contributed by atoms with Crippen LogP contribution < -0.4 is 11.1 Å². The van der Waals surface area contributed by atoms with E-state index in [1.54, 1.807) is 19.1 Å². The highest BCUT2D eigenvalue weighted by Crippen LogP contribution is 2.38. The molecule has 2 amide bonds. The average molecular weight is 507 g/mol. The predicted molar refractivity (Wildman–Crippen MR) is 125 cm³/mol. The minimum absolute atomic E-state index is 0.0473. The number of nitrogens with one attached hydrogen (secondary N) is 1. The van der Waals surface area contributed by atoms with Gasteiger partial charge in [0.25, 0.3) is 5.91 Å². The van der Waals surface area contributed by atoms with E-state index < -0.39 is 29.9 Å². The summed E-state index contributed by atoms with van der Waals surface area (Å²) in [5.74, 6) is -0.978. The standard InChI is InChI=1S/C24H26F4N6O2/c1-12(2)6-20(35)33-9-17(25)18(10-33)32-23(36)15-7-14(5-4-13(15)3)19-8-16(24(26,27)28)21-22(29)30-11-31-34(19)21/h4-5,7-8,11-12,17-18H,6,9-10H2,1-3H3,(H,32,36)(H2,29,30,31)/t17?,18-/m1/s1. The molecule has 0 spiro atoms. The normalized spacial score (nSPS) is 18.3. The fraction of sp³-hybridized carbons (Fsp3) is 0.417. The number of hydrogen-bond acceptors (Lipinski definition) is 5. The molecule has 1 fully saturated rings. The highest BCUT2D eigenvalue weighted by atomic mass is 19.4.